The van der Waals surface area contributed by atoms with Gasteiger partial charge in [0.05, 0.1) is 6.10 Å². The number of rotatable bonds is 2. The summed E-state index contributed by atoms with van der Waals surface area (Å²) in [4.78, 5) is 0. The molecule has 0 saturated carbocycles. The topological polar surface area (TPSA) is 45.4 Å². The molecule has 0 spiro atoms. The van der Waals surface area contributed by atoms with E-state index in [1.54, 1.807) is 0 Å². The lowest BCUT2D eigenvalue weighted by atomic mass is 9.94. The molecule has 108 valence electrons. The van der Waals surface area contributed by atoms with Gasteiger partial charge in [-0.25, -0.2) is 0 Å². The Morgan fingerprint density at radius 2 is 1.90 bits per heavy atom. The van der Waals surface area contributed by atoms with Gasteiger partial charge in [-0.2, -0.15) is 0 Å². The minimum atomic E-state index is -0.455. The van der Waals surface area contributed by atoms with Crippen LogP contribution >= 0.6 is 0 Å². The van der Waals surface area contributed by atoms with Gasteiger partial charge in [0.2, 0.25) is 0 Å². The highest BCUT2D eigenvalue weighted by atomic mass is 16.3. The van der Waals surface area contributed by atoms with Crippen molar-refractivity contribution >= 4 is 21.9 Å². The number of piperidine rings is 1. The lowest BCUT2D eigenvalue weighted by Gasteiger charge is -2.28. The molecule has 0 radical (unpaired) electrons. The van der Waals surface area contributed by atoms with Crippen molar-refractivity contribution in [3.63, 3.8) is 0 Å². The van der Waals surface area contributed by atoms with Crippen molar-refractivity contribution in [3.05, 3.63) is 48.0 Å². The summed E-state index contributed by atoms with van der Waals surface area (Å²) in [7, 11) is 0. The molecular formula is C18H19NO2. The molecule has 1 saturated heterocycles. The van der Waals surface area contributed by atoms with Gasteiger partial charge in [0.15, 0.2) is 0 Å². The van der Waals surface area contributed by atoms with E-state index in [2.05, 4.69) is 17.4 Å². The third-order valence-electron chi connectivity index (χ3n) is 4.47. The van der Waals surface area contributed by atoms with Crippen molar-refractivity contribution in [2.24, 2.45) is 0 Å². The van der Waals surface area contributed by atoms with E-state index in [0.717, 1.165) is 40.5 Å². The Morgan fingerprint density at radius 1 is 1.05 bits per heavy atom. The average molecular weight is 281 g/mol. The number of benzene rings is 2. The van der Waals surface area contributed by atoms with Crippen molar-refractivity contribution in [1.82, 2.24) is 5.32 Å². The minimum Gasteiger partial charge on any atom is -0.456 e. The van der Waals surface area contributed by atoms with Crippen LogP contribution in [0.5, 0.6) is 0 Å². The van der Waals surface area contributed by atoms with Crippen LogP contribution in [0, 0.1) is 0 Å². The summed E-state index contributed by atoms with van der Waals surface area (Å²) in [5.41, 5.74) is 2.74. The molecule has 2 heterocycles. The van der Waals surface area contributed by atoms with E-state index in [1.165, 1.54) is 12.8 Å². The number of aliphatic hydroxyl groups is 1. The molecule has 2 unspecified atom stereocenters. The second-order valence-corrected chi connectivity index (χ2v) is 5.86. The van der Waals surface area contributed by atoms with Crippen molar-refractivity contribution in [3.8, 4) is 0 Å². The molecule has 2 atom stereocenters. The fourth-order valence-corrected chi connectivity index (χ4v) is 3.31. The van der Waals surface area contributed by atoms with Crippen LogP contribution in [0.1, 0.15) is 30.9 Å². The minimum absolute atomic E-state index is 0.161. The summed E-state index contributed by atoms with van der Waals surface area (Å²) in [5.74, 6) is 0. The molecular weight excluding hydrogens is 262 g/mol. The molecule has 21 heavy (non-hydrogen) atoms. The predicted octanol–water partition coefficient (Wildman–Crippen LogP) is 3.76. The maximum absolute atomic E-state index is 10.6. The van der Waals surface area contributed by atoms with Crippen molar-refractivity contribution in [2.75, 3.05) is 6.54 Å². The van der Waals surface area contributed by atoms with Crippen LogP contribution in [0.15, 0.2) is 46.9 Å². The zero-order valence-corrected chi connectivity index (χ0v) is 11.9. The van der Waals surface area contributed by atoms with Gasteiger partial charge >= 0.3 is 0 Å². The number of furan rings is 1. The van der Waals surface area contributed by atoms with Crippen LogP contribution in [-0.4, -0.2) is 17.7 Å². The largest absolute Gasteiger partial charge is 0.456 e. The molecule has 3 nitrogen and oxygen atoms in total. The van der Waals surface area contributed by atoms with Gasteiger partial charge in [-0.1, -0.05) is 30.7 Å². The Kier molecular flexibility index (Phi) is 3.17. The Morgan fingerprint density at radius 3 is 2.76 bits per heavy atom. The molecule has 1 aromatic heterocycles. The smallest absolute Gasteiger partial charge is 0.135 e. The number of hydrogen-bond donors (Lipinski definition) is 2. The van der Waals surface area contributed by atoms with E-state index >= 15 is 0 Å². The van der Waals surface area contributed by atoms with Gasteiger partial charge in [0, 0.05) is 16.8 Å². The first-order valence-electron chi connectivity index (χ1n) is 7.65. The molecule has 1 fully saturated rings. The van der Waals surface area contributed by atoms with Crippen LogP contribution in [0.2, 0.25) is 0 Å². The molecule has 0 aliphatic carbocycles. The third kappa shape index (κ3) is 2.23. The molecule has 3 heteroatoms. The molecule has 4 rings (SSSR count). The number of fused-ring (bicyclic) bond motifs is 3. The Balaban J connectivity index is 1.76. The third-order valence-corrected chi connectivity index (χ3v) is 4.47. The second kappa shape index (κ2) is 5.17. The first-order chi connectivity index (χ1) is 10.3. The molecule has 3 aromatic rings. The summed E-state index contributed by atoms with van der Waals surface area (Å²) < 4.78 is 5.84. The Bertz CT molecular complexity index is 771. The fraction of sp³-hybridized carbons (Fsp3) is 0.333. The van der Waals surface area contributed by atoms with Crippen molar-refractivity contribution in [2.45, 2.75) is 31.4 Å². The molecule has 1 aliphatic heterocycles. The van der Waals surface area contributed by atoms with Crippen LogP contribution in [0.25, 0.3) is 21.9 Å². The van der Waals surface area contributed by atoms with Crippen LogP contribution in [-0.2, 0) is 0 Å². The molecule has 0 amide bonds. The molecule has 0 bridgehead atoms. The summed E-state index contributed by atoms with van der Waals surface area (Å²) in [5, 5.41) is 16.2. The second-order valence-electron chi connectivity index (χ2n) is 5.86. The van der Waals surface area contributed by atoms with Gasteiger partial charge < -0.3 is 14.8 Å². The van der Waals surface area contributed by atoms with E-state index in [0.29, 0.717) is 0 Å². The lowest BCUT2D eigenvalue weighted by Crippen LogP contribution is -2.38. The zero-order valence-electron chi connectivity index (χ0n) is 11.9. The Hall–Kier alpha value is -1.84. The molecule has 2 aromatic carbocycles. The van der Waals surface area contributed by atoms with Crippen molar-refractivity contribution < 1.29 is 9.52 Å². The summed E-state index contributed by atoms with van der Waals surface area (Å²) >= 11 is 0. The first-order valence-corrected chi connectivity index (χ1v) is 7.65. The van der Waals surface area contributed by atoms with E-state index < -0.39 is 6.10 Å². The van der Waals surface area contributed by atoms with Crippen LogP contribution in [0.4, 0.5) is 0 Å². The van der Waals surface area contributed by atoms with Gasteiger partial charge in [-0.15, -0.1) is 0 Å². The number of aliphatic hydroxyl groups excluding tert-OH is 1. The SMILES string of the molecule is OC(c1ccc2oc3ccccc3c2c1)C1CCCCN1. The van der Waals surface area contributed by atoms with Crippen LogP contribution < -0.4 is 5.32 Å². The highest BCUT2D eigenvalue weighted by molar-refractivity contribution is 6.05. The van der Waals surface area contributed by atoms with E-state index in [1.807, 2.05) is 30.3 Å². The van der Waals surface area contributed by atoms with E-state index in [-0.39, 0.29) is 6.04 Å². The Labute approximate surface area is 123 Å². The van der Waals surface area contributed by atoms with Crippen molar-refractivity contribution in [1.29, 1.82) is 0 Å². The van der Waals surface area contributed by atoms with Crippen LogP contribution in [0.3, 0.4) is 0 Å². The number of para-hydroxylation sites is 1. The highest BCUT2D eigenvalue weighted by Gasteiger charge is 2.23. The normalized spacial score (nSPS) is 20.9. The average Bonchev–Trinajstić information content (AvgIpc) is 2.93. The summed E-state index contributed by atoms with van der Waals surface area (Å²) in [6.07, 6.45) is 2.97. The van der Waals surface area contributed by atoms with Gasteiger partial charge in [-0.05, 0) is 43.1 Å². The zero-order chi connectivity index (χ0) is 14.2. The lowest BCUT2D eigenvalue weighted by molar-refractivity contribution is 0.114. The number of nitrogens with one attached hydrogen (secondary N) is 1. The first kappa shape index (κ1) is 12.9. The molecule has 1 aliphatic rings. The van der Waals surface area contributed by atoms with Gasteiger partial charge in [0.1, 0.15) is 11.2 Å². The van der Waals surface area contributed by atoms with E-state index in [4.69, 9.17) is 4.42 Å². The summed E-state index contributed by atoms with van der Waals surface area (Å²) in [6.45, 7) is 0.999. The highest BCUT2D eigenvalue weighted by Crippen LogP contribution is 2.32. The van der Waals surface area contributed by atoms with Gasteiger partial charge in [0.25, 0.3) is 0 Å². The maximum atomic E-state index is 10.6. The standard InChI is InChI=1S/C18H19NO2/c20-18(15-6-3-4-10-19-15)12-8-9-17-14(11-12)13-5-1-2-7-16(13)21-17/h1-2,5,7-9,11,15,18-20H,3-4,6,10H2. The fourth-order valence-electron chi connectivity index (χ4n) is 3.31. The predicted molar refractivity (Wildman–Crippen MR) is 84.3 cm³/mol. The van der Waals surface area contributed by atoms with Gasteiger partial charge in [-0.3, -0.25) is 0 Å². The maximum Gasteiger partial charge on any atom is 0.135 e. The van der Waals surface area contributed by atoms with E-state index in [9.17, 15) is 5.11 Å². The summed E-state index contributed by atoms with van der Waals surface area (Å²) in [6, 6.07) is 14.2. The monoisotopic (exact) mass is 281 g/mol. The quantitative estimate of drug-likeness (QED) is 0.751. The molecule has 2 N–H and O–H groups in total. The number of hydrogen-bond acceptors (Lipinski definition) is 3.